The number of pyridine rings is 2. The lowest BCUT2D eigenvalue weighted by Crippen LogP contribution is -2.09. The number of carbonyl (C=O) groups excluding carboxylic acids is 2. The Labute approximate surface area is 390 Å². The molecule has 8 rings (SSSR count). The minimum absolute atomic E-state index is 0. The maximum atomic E-state index is 10.8. The molecule has 0 aliphatic carbocycles. The molecule has 2 aromatic heterocycles. The first-order chi connectivity index (χ1) is 31.4. The van der Waals surface area contributed by atoms with Crippen LogP contribution in [0.15, 0.2) is 146 Å². The van der Waals surface area contributed by atoms with Gasteiger partial charge in [-0.2, -0.15) is 16.8 Å². The van der Waals surface area contributed by atoms with Crippen molar-refractivity contribution in [3.05, 3.63) is 157 Å². The highest BCUT2D eigenvalue weighted by Crippen LogP contribution is 2.34. The Morgan fingerprint density at radius 1 is 0.463 bits per heavy atom. The van der Waals surface area contributed by atoms with E-state index >= 15 is 0 Å². The lowest BCUT2D eigenvalue weighted by Gasteiger charge is -2.13. The number of nitrogens with two attached hydrogens (primary N) is 2. The van der Waals surface area contributed by atoms with E-state index in [2.05, 4.69) is 83.4 Å². The number of amides is 2. The van der Waals surface area contributed by atoms with Crippen molar-refractivity contribution in [2.75, 3.05) is 23.1 Å². The predicted molar refractivity (Wildman–Crippen MR) is 270 cm³/mol. The number of hydrogen-bond donors (Lipinski definition) is 6. The minimum Gasteiger partial charge on any atom is -0.412 e. The summed E-state index contributed by atoms with van der Waals surface area (Å²) in [4.78, 5) is 31.2. The van der Waals surface area contributed by atoms with Gasteiger partial charge in [-0.05, 0) is 98.2 Å². The van der Waals surface area contributed by atoms with Crippen LogP contribution in [0.25, 0.3) is 43.6 Å². The van der Waals surface area contributed by atoms with Gasteiger partial charge in [-0.1, -0.05) is 97.1 Å². The van der Waals surface area contributed by atoms with Crippen molar-refractivity contribution >= 4 is 98.4 Å². The zero-order chi connectivity index (χ0) is 47.7. The number of benzene rings is 6. The molecule has 0 aliphatic rings. The SMILES string of the molecule is CS(=O)(=O)O.CS(=O)(=O)O.NC(=O)CCCCc1ccc(Nc2c3ccccc3nc3ccccc23)cc1.NC(=O)CCCCc1ccc(Nc2c3ccccc3nc3ccccc23)cc1.O. The van der Waals surface area contributed by atoms with Crippen molar-refractivity contribution in [1.82, 2.24) is 9.97 Å². The second kappa shape index (κ2) is 25.0. The summed E-state index contributed by atoms with van der Waals surface area (Å²) < 4.78 is 51.7. The lowest BCUT2D eigenvalue weighted by atomic mass is 10.1. The quantitative estimate of drug-likeness (QED) is 0.0339. The Balaban J connectivity index is 0.000000241. The molecular weight excluding hydrogens is 893 g/mol. The number of fused-ring (bicyclic) bond motifs is 4. The van der Waals surface area contributed by atoms with Crippen molar-refractivity contribution in [3.8, 4) is 0 Å². The van der Waals surface area contributed by atoms with Gasteiger partial charge in [0.25, 0.3) is 20.2 Å². The van der Waals surface area contributed by atoms with Gasteiger partial charge in [0.15, 0.2) is 0 Å². The smallest absolute Gasteiger partial charge is 0.261 e. The summed E-state index contributed by atoms with van der Waals surface area (Å²) in [6, 6.07) is 49.8. The Morgan fingerprint density at radius 3 is 0.970 bits per heavy atom. The standard InChI is InChI=1S/2C24H23N3O.2CH4O3S.H2O/c2*25-23(28)12-6-1-7-17-13-15-18(16-14-17)26-24-19-8-2-4-10-21(19)27-22-11-5-3-9-20(22)24;2*1-5(2,3)4;/h2*2-5,8-11,13-16H,1,6-7,12H2,(H2,25,28)(H,26,27);2*1H3,(H,2,3,4);1H2. The molecule has 2 heterocycles. The van der Waals surface area contributed by atoms with Crippen LogP contribution in [0, 0.1) is 0 Å². The predicted octanol–water partition coefficient (Wildman–Crippen LogP) is 8.84. The first-order valence-corrected chi connectivity index (χ1v) is 24.8. The summed E-state index contributed by atoms with van der Waals surface area (Å²) in [5.74, 6) is -0.451. The number of aromatic nitrogens is 2. The summed E-state index contributed by atoms with van der Waals surface area (Å²) in [6.07, 6.45) is 7.87. The number of hydrogen-bond acceptors (Lipinski definition) is 10. The maximum absolute atomic E-state index is 10.8. The Morgan fingerprint density at radius 2 is 0.716 bits per heavy atom. The topological polar surface area (TPSA) is 276 Å². The van der Waals surface area contributed by atoms with Crippen LogP contribution in [0.2, 0.25) is 0 Å². The van der Waals surface area contributed by atoms with Crippen molar-refractivity contribution in [1.29, 1.82) is 0 Å². The highest BCUT2D eigenvalue weighted by atomic mass is 32.2. The molecule has 0 aliphatic heterocycles. The molecule has 6 aromatic carbocycles. The summed E-state index contributed by atoms with van der Waals surface area (Å²) >= 11 is 0. The number of nitrogens with one attached hydrogen (secondary N) is 2. The minimum atomic E-state index is -3.67. The second-order valence-corrected chi connectivity index (χ2v) is 18.4. The van der Waals surface area contributed by atoms with E-state index in [-0.39, 0.29) is 17.3 Å². The van der Waals surface area contributed by atoms with Crippen LogP contribution in [0.1, 0.15) is 49.7 Å². The van der Waals surface area contributed by atoms with Crippen LogP contribution < -0.4 is 22.1 Å². The molecule has 17 heteroatoms. The molecule has 0 atom stereocenters. The van der Waals surface area contributed by atoms with Crippen LogP contribution in [-0.2, 0) is 42.7 Å². The summed E-state index contributed by atoms with van der Waals surface area (Å²) in [6.45, 7) is 0. The number of rotatable bonds is 14. The molecule has 0 fully saturated rings. The molecule has 15 nitrogen and oxygen atoms in total. The fraction of sp³-hybridized carbons (Fsp3) is 0.200. The van der Waals surface area contributed by atoms with E-state index in [9.17, 15) is 26.4 Å². The normalized spacial score (nSPS) is 10.9. The van der Waals surface area contributed by atoms with Gasteiger partial charge >= 0.3 is 0 Å². The first-order valence-electron chi connectivity index (χ1n) is 21.1. The number of aryl methyl sites for hydroxylation is 2. The molecule has 0 unspecified atom stereocenters. The number of unbranched alkanes of at least 4 members (excludes halogenated alkanes) is 2. The van der Waals surface area contributed by atoms with Gasteiger partial charge < -0.3 is 27.6 Å². The Kier molecular flexibility index (Phi) is 19.7. The molecule has 10 N–H and O–H groups in total. The zero-order valence-electron chi connectivity index (χ0n) is 37.2. The third kappa shape index (κ3) is 18.1. The molecule has 0 radical (unpaired) electrons. The fourth-order valence-electron chi connectivity index (χ4n) is 7.00. The van der Waals surface area contributed by atoms with Gasteiger partial charge in [0, 0.05) is 45.8 Å². The number of nitrogens with zero attached hydrogens (tertiary/aromatic N) is 2. The number of anilines is 4. The Hall–Kier alpha value is -7.02. The van der Waals surface area contributed by atoms with E-state index in [4.69, 9.17) is 30.5 Å². The van der Waals surface area contributed by atoms with Gasteiger partial charge in [0.05, 0.1) is 46.0 Å². The van der Waals surface area contributed by atoms with Crippen LogP contribution in [0.5, 0.6) is 0 Å². The average molecular weight is 949 g/mol. The van der Waals surface area contributed by atoms with Crippen LogP contribution >= 0.6 is 0 Å². The van der Waals surface area contributed by atoms with Gasteiger partial charge in [-0.25, -0.2) is 9.97 Å². The highest BCUT2D eigenvalue weighted by molar-refractivity contribution is 7.85. The van der Waals surface area contributed by atoms with E-state index in [0.29, 0.717) is 25.4 Å². The highest BCUT2D eigenvalue weighted by Gasteiger charge is 2.11. The van der Waals surface area contributed by atoms with Gasteiger partial charge in [0.2, 0.25) is 11.8 Å². The number of para-hydroxylation sites is 4. The zero-order valence-corrected chi connectivity index (χ0v) is 38.9. The van der Waals surface area contributed by atoms with E-state index < -0.39 is 20.2 Å². The van der Waals surface area contributed by atoms with Crippen LogP contribution in [0.3, 0.4) is 0 Å². The van der Waals surface area contributed by atoms with E-state index in [1.165, 1.54) is 11.1 Å². The third-order valence-electron chi connectivity index (χ3n) is 9.90. The molecule has 8 aromatic rings. The molecule has 0 spiro atoms. The largest absolute Gasteiger partial charge is 0.412 e. The van der Waals surface area contributed by atoms with E-state index in [1.807, 2.05) is 72.8 Å². The van der Waals surface area contributed by atoms with Crippen LogP contribution in [0.4, 0.5) is 22.7 Å². The maximum Gasteiger partial charge on any atom is 0.261 e. The van der Waals surface area contributed by atoms with Crippen molar-refractivity contribution < 1.29 is 41.0 Å². The molecular formula is C50H56N6O9S2. The summed E-state index contributed by atoms with van der Waals surface area (Å²) in [5.41, 5.74) is 21.1. The van der Waals surface area contributed by atoms with Crippen molar-refractivity contribution in [2.24, 2.45) is 11.5 Å². The van der Waals surface area contributed by atoms with Gasteiger partial charge in [-0.3, -0.25) is 18.7 Å². The number of carbonyl (C=O) groups is 2. The summed E-state index contributed by atoms with van der Waals surface area (Å²) in [7, 11) is -7.33. The van der Waals surface area contributed by atoms with Crippen molar-refractivity contribution in [2.45, 2.75) is 51.4 Å². The summed E-state index contributed by atoms with van der Waals surface area (Å²) in [5, 5.41) is 11.6. The van der Waals surface area contributed by atoms with E-state index in [1.54, 1.807) is 0 Å². The third-order valence-corrected chi connectivity index (χ3v) is 9.90. The fourth-order valence-corrected chi connectivity index (χ4v) is 7.00. The molecule has 67 heavy (non-hydrogen) atoms. The molecule has 0 bridgehead atoms. The first kappa shape index (κ1) is 52.6. The molecule has 352 valence electrons. The van der Waals surface area contributed by atoms with Gasteiger partial charge in [-0.15, -0.1) is 0 Å². The van der Waals surface area contributed by atoms with E-state index in [0.717, 1.165) is 105 Å². The van der Waals surface area contributed by atoms with Gasteiger partial charge in [0.1, 0.15) is 0 Å². The van der Waals surface area contributed by atoms with Crippen LogP contribution in [-0.4, -0.2) is 65.7 Å². The number of primary amides is 2. The van der Waals surface area contributed by atoms with Crippen molar-refractivity contribution in [3.63, 3.8) is 0 Å². The second-order valence-electron chi connectivity index (χ2n) is 15.5. The Bertz CT molecular complexity index is 2800. The monoisotopic (exact) mass is 948 g/mol. The lowest BCUT2D eigenvalue weighted by molar-refractivity contribution is -0.119. The molecule has 0 saturated carbocycles. The molecule has 0 saturated heterocycles. The average Bonchev–Trinajstić information content (AvgIpc) is 3.26. The molecule has 2 amide bonds.